The summed E-state index contributed by atoms with van der Waals surface area (Å²) in [6.07, 6.45) is 0. The molecule has 118 valence electrons. The van der Waals surface area contributed by atoms with Gasteiger partial charge in [-0.1, -0.05) is 0 Å². The number of benzene rings is 1. The maximum absolute atomic E-state index is 5.35. The summed E-state index contributed by atoms with van der Waals surface area (Å²) in [4.78, 5) is 6.25. The third-order valence-corrected chi connectivity index (χ3v) is 5.19. The summed E-state index contributed by atoms with van der Waals surface area (Å²) in [5.74, 6) is 0. The number of anilines is 1. The summed E-state index contributed by atoms with van der Waals surface area (Å²) in [7, 11) is 0. The van der Waals surface area contributed by atoms with Crippen LogP contribution in [0.2, 0.25) is 0 Å². The van der Waals surface area contributed by atoms with Crippen molar-refractivity contribution in [2.45, 2.75) is 31.7 Å². The molecule has 0 aromatic heterocycles. The maximum Gasteiger partial charge on any atom is 0.200 e. The number of rotatable bonds is 4. The SMILES string of the molecule is CCOC(=S)[SH2]c1ccc(N2CCN(C(C)C)CC2)cc1. The van der Waals surface area contributed by atoms with E-state index in [0.717, 1.165) is 26.2 Å². The van der Waals surface area contributed by atoms with Gasteiger partial charge in [0, 0.05) is 37.9 Å². The fourth-order valence-corrected chi connectivity index (χ4v) is 3.79. The quantitative estimate of drug-likeness (QED) is 0.790. The normalized spacial score (nSPS) is 17.2. The third-order valence-electron chi connectivity index (χ3n) is 3.80. The number of piperazine rings is 1. The molecule has 0 saturated carbocycles. The Labute approximate surface area is 137 Å². The van der Waals surface area contributed by atoms with E-state index in [1.807, 2.05) is 6.92 Å². The van der Waals surface area contributed by atoms with Crippen LogP contribution in [0.5, 0.6) is 0 Å². The number of hydrogen-bond acceptors (Lipinski definition) is 4. The Kier molecular flexibility index (Phi) is 6.33. The molecule has 3 nitrogen and oxygen atoms in total. The van der Waals surface area contributed by atoms with Crippen molar-refractivity contribution in [3.05, 3.63) is 24.3 Å². The van der Waals surface area contributed by atoms with Crippen LogP contribution in [0.1, 0.15) is 20.8 Å². The molecule has 1 aromatic rings. The zero-order valence-corrected chi connectivity index (χ0v) is 14.9. The van der Waals surface area contributed by atoms with Crippen molar-refractivity contribution in [2.75, 3.05) is 37.7 Å². The van der Waals surface area contributed by atoms with Gasteiger partial charge in [0.2, 0.25) is 4.38 Å². The monoisotopic (exact) mass is 326 g/mol. The largest absolute Gasteiger partial charge is 0.480 e. The van der Waals surface area contributed by atoms with Gasteiger partial charge in [-0.25, -0.2) is 0 Å². The van der Waals surface area contributed by atoms with Crippen LogP contribution in [0.3, 0.4) is 0 Å². The number of nitrogens with zero attached hydrogens (tertiary/aromatic N) is 2. The Morgan fingerprint density at radius 1 is 1.19 bits per heavy atom. The molecule has 0 N–H and O–H groups in total. The first-order valence-corrected chi connectivity index (χ1v) is 9.04. The molecule has 0 atom stereocenters. The molecule has 21 heavy (non-hydrogen) atoms. The Morgan fingerprint density at radius 2 is 1.81 bits per heavy atom. The van der Waals surface area contributed by atoms with Gasteiger partial charge in [0.05, 0.1) is 6.61 Å². The van der Waals surface area contributed by atoms with Crippen LogP contribution in [0.15, 0.2) is 29.2 Å². The summed E-state index contributed by atoms with van der Waals surface area (Å²) in [6, 6.07) is 9.42. The van der Waals surface area contributed by atoms with Gasteiger partial charge in [0.15, 0.2) is 0 Å². The second-order valence-electron chi connectivity index (χ2n) is 5.51. The maximum atomic E-state index is 5.35. The van der Waals surface area contributed by atoms with Gasteiger partial charge in [-0.15, -0.1) is 0 Å². The molecule has 0 radical (unpaired) electrons. The predicted octanol–water partition coefficient (Wildman–Crippen LogP) is 3.10. The van der Waals surface area contributed by atoms with Gasteiger partial charge in [0.1, 0.15) is 0 Å². The van der Waals surface area contributed by atoms with Gasteiger partial charge < -0.3 is 9.64 Å². The molecule has 1 aromatic carbocycles. The van der Waals surface area contributed by atoms with Gasteiger partial charge in [0.25, 0.3) is 0 Å². The Hall–Kier alpha value is -0.780. The average Bonchev–Trinajstić information content (AvgIpc) is 2.48. The zero-order valence-electron chi connectivity index (χ0n) is 13.1. The minimum Gasteiger partial charge on any atom is -0.480 e. The van der Waals surface area contributed by atoms with Crippen LogP contribution in [0, 0.1) is 0 Å². The predicted molar refractivity (Wildman–Crippen MR) is 98.2 cm³/mol. The van der Waals surface area contributed by atoms with Gasteiger partial charge in [-0.05, 0) is 62.2 Å². The van der Waals surface area contributed by atoms with E-state index in [9.17, 15) is 0 Å². The first kappa shape index (κ1) is 16.6. The highest BCUT2D eigenvalue weighted by Crippen LogP contribution is 2.24. The second-order valence-corrected chi connectivity index (χ2v) is 7.52. The molecule has 5 heteroatoms. The highest BCUT2D eigenvalue weighted by atomic mass is 32.2. The molecule has 0 aliphatic carbocycles. The highest BCUT2D eigenvalue weighted by molar-refractivity contribution is 8.22. The van der Waals surface area contributed by atoms with E-state index in [1.165, 1.54) is 10.6 Å². The molecule has 0 unspecified atom stereocenters. The van der Waals surface area contributed by atoms with Crippen molar-refractivity contribution in [2.24, 2.45) is 0 Å². The van der Waals surface area contributed by atoms with Crippen molar-refractivity contribution in [3.63, 3.8) is 0 Å². The van der Waals surface area contributed by atoms with Gasteiger partial charge >= 0.3 is 0 Å². The van der Waals surface area contributed by atoms with E-state index in [4.69, 9.17) is 17.0 Å². The summed E-state index contributed by atoms with van der Waals surface area (Å²) >= 11 is 5.67. The smallest absolute Gasteiger partial charge is 0.200 e. The number of ether oxygens (including phenoxy) is 1. The van der Waals surface area contributed by atoms with Crippen molar-refractivity contribution in [1.29, 1.82) is 0 Å². The van der Waals surface area contributed by atoms with E-state index < -0.39 is 0 Å². The standard InChI is InChI=1S/C16H26N2OS2/c1-4-19-16(20)21-15-7-5-14(6-8-15)18-11-9-17(10-12-18)13(2)3/h5-8,13H,4,9-12,21H2,1-3H3. The lowest BCUT2D eigenvalue weighted by Crippen LogP contribution is -2.48. The fourth-order valence-electron chi connectivity index (χ4n) is 2.54. The lowest BCUT2D eigenvalue weighted by atomic mass is 10.2. The summed E-state index contributed by atoms with van der Waals surface area (Å²) < 4.78 is 6.06. The first-order chi connectivity index (χ1) is 10.1. The van der Waals surface area contributed by atoms with Crippen LogP contribution < -0.4 is 4.90 Å². The Bertz CT molecular complexity index is 454. The van der Waals surface area contributed by atoms with Crippen LogP contribution in [0.4, 0.5) is 5.69 Å². The first-order valence-electron chi connectivity index (χ1n) is 7.63. The highest BCUT2D eigenvalue weighted by Gasteiger charge is 2.18. The number of thiocarbonyl (C=S) groups is 1. The van der Waals surface area contributed by atoms with E-state index in [2.05, 4.69) is 47.9 Å². The Morgan fingerprint density at radius 3 is 2.33 bits per heavy atom. The van der Waals surface area contributed by atoms with Crippen LogP contribution in [-0.2, 0) is 4.74 Å². The fraction of sp³-hybridized carbons (Fsp3) is 0.562. The van der Waals surface area contributed by atoms with E-state index >= 15 is 0 Å². The molecule has 1 fully saturated rings. The van der Waals surface area contributed by atoms with E-state index in [0.29, 0.717) is 28.8 Å². The average molecular weight is 327 g/mol. The molecule has 0 spiro atoms. The number of hydrogen-bond donors (Lipinski definition) is 0. The molecule has 1 saturated heterocycles. The minimum atomic E-state index is 0.466. The Balaban J connectivity index is 1.89. The molecule has 2 rings (SSSR count). The second kappa shape index (κ2) is 8.01. The third kappa shape index (κ3) is 4.87. The molecular weight excluding hydrogens is 300 g/mol. The van der Waals surface area contributed by atoms with Crippen LogP contribution in [-0.4, -0.2) is 48.1 Å². The topological polar surface area (TPSA) is 15.7 Å². The summed E-state index contributed by atoms with van der Waals surface area (Å²) in [5.41, 5.74) is 1.31. The van der Waals surface area contributed by atoms with Crippen LogP contribution in [0.25, 0.3) is 0 Å². The van der Waals surface area contributed by atoms with Gasteiger partial charge in [-0.2, -0.15) is 11.8 Å². The molecule has 1 aliphatic rings. The van der Waals surface area contributed by atoms with Crippen LogP contribution >= 0.6 is 24.0 Å². The molecule has 0 amide bonds. The minimum absolute atomic E-state index is 0.466. The molecular formula is C16H26N2OS2. The van der Waals surface area contributed by atoms with Crippen molar-refractivity contribution in [3.8, 4) is 0 Å². The van der Waals surface area contributed by atoms with E-state index in [-0.39, 0.29) is 0 Å². The lowest BCUT2D eigenvalue weighted by molar-refractivity contribution is 0.209. The summed E-state index contributed by atoms with van der Waals surface area (Å²) in [5, 5.41) is 0. The van der Waals surface area contributed by atoms with Crippen molar-refractivity contribution >= 4 is 34.0 Å². The van der Waals surface area contributed by atoms with Gasteiger partial charge in [-0.3, -0.25) is 4.90 Å². The molecule has 0 bridgehead atoms. The summed E-state index contributed by atoms with van der Waals surface area (Å²) in [6.45, 7) is 11.7. The molecule has 1 heterocycles. The van der Waals surface area contributed by atoms with Crippen molar-refractivity contribution < 1.29 is 4.74 Å². The zero-order chi connectivity index (χ0) is 15.2. The van der Waals surface area contributed by atoms with Crippen molar-refractivity contribution in [1.82, 2.24) is 4.90 Å². The lowest BCUT2D eigenvalue weighted by Gasteiger charge is -2.38. The molecule has 1 aliphatic heterocycles. The van der Waals surface area contributed by atoms with E-state index in [1.54, 1.807) is 0 Å².